The molecule has 0 fully saturated rings. The molecule has 0 radical (unpaired) electrons. The maximum absolute atomic E-state index is 5.64. The van der Waals surface area contributed by atoms with Gasteiger partial charge in [0.1, 0.15) is 5.75 Å². The Morgan fingerprint density at radius 1 is 1.06 bits per heavy atom. The molecule has 2 aromatic rings. The average molecular weight is 259 g/mol. The predicted molar refractivity (Wildman–Crippen MR) is 76.9 cm³/mol. The van der Waals surface area contributed by atoms with E-state index in [-0.39, 0.29) is 0 Å². The lowest BCUT2D eigenvalue weighted by molar-refractivity contribution is 0.413. The molecule has 0 aliphatic carbocycles. The zero-order valence-electron chi connectivity index (χ0n) is 10.4. The quantitative estimate of drug-likeness (QED) is 0.835. The fourth-order valence-corrected chi connectivity index (χ4v) is 2.59. The number of nitrogens with two attached hydrogens (primary N) is 1. The van der Waals surface area contributed by atoms with E-state index in [2.05, 4.69) is 36.4 Å². The molecule has 0 aromatic heterocycles. The SMILES string of the molecule is COc1cccc(SCc2cccc(CN)c2)c1. The lowest BCUT2D eigenvalue weighted by Crippen LogP contribution is -1.96. The molecule has 3 heteroatoms. The van der Waals surface area contributed by atoms with Crippen LogP contribution in [0.15, 0.2) is 53.4 Å². The van der Waals surface area contributed by atoms with Crippen molar-refractivity contribution in [2.24, 2.45) is 5.73 Å². The van der Waals surface area contributed by atoms with Crippen LogP contribution >= 0.6 is 11.8 Å². The fourth-order valence-electron chi connectivity index (χ4n) is 1.70. The van der Waals surface area contributed by atoms with E-state index in [1.54, 1.807) is 18.9 Å². The third-order valence-corrected chi connectivity index (χ3v) is 3.74. The summed E-state index contributed by atoms with van der Waals surface area (Å²) in [5, 5.41) is 0. The maximum atomic E-state index is 5.64. The van der Waals surface area contributed by atoms with Gasteiger partial charge in [-0.05, 0) is 29.3 Å². The van der Waals surface area contributed by atoms with Crippen LogP contribution in [0.3, 0.4) is 0 Å². The molecule has 2 rings (SSSR count). The van der Waals surface area contributed by atoms with Gasteiger partial charge in [0.2, 0.25) is 0 Å². The van der Waals surface area contributed by atoms with Gasteiger partial charge < -0.3 is 10.5 Å². The highest BCUT2D eigenvalue weighted by Gasteiger charge is 1.99. The molecular weight excluding hydrogens is 242 g/mol. The Kier molecular flexibility index (Phi) is 4.67. The third-order valence-electron chi connectivity index (χ3n) is 2.67. The molecule has 2 nitrogen and oxygen atoms in total. The van der Waals surface area contributed by atoms with Crippen molar-refractivity contribution in [2.45, 2.75) is 17.2 Å². The number of hydrogen-bond donors (Lipinski definition) is 1. The Hall–Kier alpha value is -1.45. The molecule has 0 amide bonds. The second-order valence-electron chi connectivity index (χ2n) is 3.99. The van der Waals surface area contributed by atoms with Crippen LogP contribution in [0.25, 0.3) is 0 Å². The molecule has 18 heavy (non-hydrogen) atoms. The largest absolute Gasteiger partial charge is 0.497 e. The van der Waals surface area contributed by atoms with Crippen LogP contribution in [0, 0.1) is 0 Å². The smallest absolute Gasteiger partial charge is 0.119 e. The van der Waals surface area contributed by atoms with Gasteiger partial charge in [-0.15, -0.1) is 11.8 Å². The van der Waals surface area contributed by atoms with Crippen LogP contribution in [-0.4, -0.2) is 7.11 Å². The summed E-state index contributed by atoms with van der Waals surface area (Å²) in [5.74, 6) is 1.84. The van der Waals surface area contributed by atoms with Crippen molar-refractivity contribution in [3.8, 4) is 5.75 Å². The molecule has 0 aliphatic heterocycles. The number of methoxy groups -OCH3 is 1. The van der Waals surface area contributed by atoms with E-state index in [4.69, 9.17) is 10.5 Å². The average Bonchev–Trinajstić information content (AvgIpc) is 2.45. The Labute approximate surface area is 112 Å². The first-order valence-corrected chi connectivity index (χ1v) is 6.85. The van der Waals surface area contributed by atoms with Gasteiger partial charge in [-0.1, -0.05) is 30.3 Å². The van der Waals surface area contributed by atoms with Crippen molar-refractivity contribution >= 4 is 11.8 Å². The molecule has 0 atom stereocenters. The van der Waals surface area contributed by atoms with Crippen LogP contribution in [0.4, 0.5) is 0 Å². The monoisotopic (exact) mass is 259 g/mol. The summed E-state index contributed by atoms with van der Waals surface area (Å²) in [6.45, 7) is 0.595. The Morgan fingerprint density at radius 2 is 1.83 bits per heavy atom. The van der Waals surface area contributed by atoms with E-state index >= 15 is 0 Å². The van der Waals surface area contributed by atoms with Gasteiger partial charge in [-0.2, -0.15) is 0 Å². The maximum Gasteiger partial charge on any atom is 0.119 e. The van der Waals surface area contributed by atoms with Crippen molar-refractivity contribution in [1.29, 1.82) is 0 Å². The van der Waals surface area contributed by atoms with Gasteiger partial charge in [-0.25, -0.2) is 0 Å². The van der Waals surface area contributed by atoms with E-state index < -0.39 is 0 Å². The lowest BCUT2D eigenvalue weighted by Gasteiger charge is -2.05. The molecule has 2 aromatic carbocycles. The highest BCUT2D eigenvalue weighted by Crippen LogP contribution is 2.26. The van der Waals surface area contributed by atoms with Crippen LogP contribution in [-0.2, 0) is 12.3 Å². The summed E-state index contributed by atoms with van der Waals surface area (Å²) < 4.78 is 5.21. The van der Waals surface area contributed by atoms with Crippen molar-refractivity contribution in [3.63, 3.8) is 0 Å². The first kappa shape index (κ1) is 13.0. The summed E-state index contributed by atoms with van der Waals surface area (Å²) in [7, 11) is 1.69. The van der Waals surface area contributed by atoms with E-state index in [0.29, 0.717) is 6.54 Å². The number of ether oxygens (including phenoxy) is 1. The lowest BCUT2D eigenvalue weighted by atomic mass is 10.1. The van der Waals surface area contributed by atoms with Gasteiger partial charge in [0.05, 0.1) is 7.11 Å². The van der Waals surface area contributed by atoms with E-state index in [1.165, 1.54) is 16.0 Å². The van der Waals surface area contributed by atoms with Gasteiger partial charge in [0.25, 0.3) is 0 Å². The molecular formula is C15H17NOS. The number of hydrogen-bond acceptors (Lipinski definition) is 3. The topological polar surface area (TPSA) is 35.2 Å². The predicted octanol–water partition coefficient (Wildman–Crippen LogP) is 3.45. The van der Waals surface area contributed by atoms with Crippen molar-refractivity contribution in [2.75, 3.05) is 7.11 Å². The van der Waals surface area contributed by atoms with E-state index in [9.17, 15) is 0 Å². The first-order valence-electron chi connectivity index (χ1n) is 5.86. The number of thioether (sulfide) groups is 1. The van der Waals surface area contributed by atoms with Gasteiger partial charge in [0, 0.05) is 17.2 Å². The molecule has 0 unspecified atom stereocenters. The van der Waals surface area contributed by atoms with Crippen molar-refractivity contribution < 1.29 is 4.74 Å². The van der Waals surface area contributed by atoms with E-state index in [1.807, 2.05) is 12.1 Å². The highest BCUT2D eigenvalue weighted by atomic mass is 32.2. The molecule has 94 valence electrons. The summed E-state index contributed by atoms with van der Waals surface area (Å²) >= 11 is 1.80. The standard InChI is InChI=1S/C15H17NOS/c1-17-14-6-3-7-15(9-14)18-11-13-5-2-4-12(8-13)10-16/h2-9H,10-11,16H2,1H3. The Morgan fingerprint density at radius 3 is 2.61 bits per heavy atom. The summed E-state index contributed by atoms with van der Waals surface area (Å²) in [5.41, 5.74) is 8.12. The minimum absolute atomic E-state index is 0.595. The molecule has 2 N–H and O–H groups in total. The second kappa shape index (κ2) is 6.47. The van der Waals surface area contributed by atoms with Gasteiger partial charge in [-0.3, -0.25) is 0 Å². The Balaban J connectivity index is 2.01. The minimum Gasteiger partial charge on any atom is -0.497 e. The van der Waals surface area contributed by atoms with Crippen LogP contribution in [0.1, 0.15) is 11.1 Å². The highest BCUT2D eigenvalue weighted by molar-refractivity contribution is 7.98. The van der Waals surface area contributed by atoms with Crippen molar-refractivity contribution in [3.05, 3.63) is 59.7 Å². The van der Waals surface area contributed by atoms with Gasteiger partial charge >= 0.3 is 0 Å². The summed E-state index contributed by atoms with van der Waals surface area (Å²) in [6.07, 6.45) is 0. The normalized spacial score (nSPS) is 10.3. The zero-order valence-corrected chi connectivity index (χ0v) is 11.2. The second-order valence-corrected chi connectivity index (χ2v) is 5.04. The van der Waals surface area contributed by atoms with Crippen LogP contribution in [0.5, 0.6) is 5.75 Å². The first-order chi connectivity index (χ1) is 8.81. The molecule has 0 saturated heterocycles. The van der Waals surface area contributed by atoms with Crippen molar-refractivity contribution in [1.82, 2.24) is 0 Å². The number of rotatable bonds is 5. The van der Waals surface area contributed by atoms with Crippen LogP contribution in [0.2, 0.25) is 0 Å². The van der Waals surface area contributed by atoms with Crippen LogP contribution < -0.4 is 10.5 Å². The Bertz CT molecular complexity index is 466. The van der Waals surface area contributed by atoms with Gasteiger partial charge in [0.15, 0.2) is 0 Å². The molecule has 0 heterocycles. The van der Waals surface area contributed by atoms with E-state index in [0.717, 1.165) is 11.5 Å². The summed E-state index contributed by atoms with van der Waals surface area (Å²) in [6, 6.07) is 16.5. The molecule has 0 bridgehead atoms. The summed E-state index contributed by atoms with van der Waals surface area (Å²) in [4.78, 5) is 1.22. The molecule has 0 saturated carbocycles. The molecule has 0 spiro atoms. The fraction of sp³-hybridized carbons (Fsp3) is 0.200. The minimum atomic E-state index is 0.595. The number of benzene rings is 2. The third kappa shape index (κ3) is 3.52. The zero-order chi connectivity index (χ0) is 12.8. The molecule has 0 aliphatic rings.